The van der Waals surface area contributed by atoms with Gasteiger partial charge in [0.25, 0.3) is 0 Å². The predicted octanol–water partition coefficient (Wildman–Crippen LogP) is 3.07. The van der Waals surface area contributed by atoms with Crippen molar-refractivity contribution in [2.75, 3.05) is 0 Å². The number of hydrogen-bond acceptors (Lipinski definition) is 5. The van der Waals surface area contributed by atoms with Crippen LogP contribution in [0.5, 0.6) is 0 Å². The number of benzene rings is 1. The molecule has 112 valence electrons. The first-order chi connectivity index (χ1) is 9.91. The Morgan fingerprint density at radius 2 is 1.24 bits per heavy atom. The molecule has 1 aromatic rings. The van der Waals surface area contributed by atoms with Gasteiger partial charge in [-0.05, 0) is 48.2 Å². The van der Waals surface area contributed by atoms with Crippen LogP contribution in [0.2, 0.25) is 0 Å². The van der Waals surface area contributed by atoms with Crippen molar-refractivity contribution in [1.29, 1.82) is 0 Å². The van der Waals surface area contributed by atoms with Gasteiger partial charge in [-0.2, -0.15) is 0 Å². The van der Waals surface area contributed by atoms with E-state index >= 15 is 0 Å². The van der Waals surface area contributed by atoms with Gasteiger partial charge in [0, 0.05) is 12.8 Å². The van der Waals surface area contributed by atoms with Crippen LogP contribution in [0.3, 0.4) is 0 Å². The normalized spacial score (nSPS) is 12.1. The average Bonchev–Trinajstić information content (AvgIpc) is 2.71. The number of hydrogen-bond donors (Lipinski definition) is 0. The molecule has 0 unspecified atom stereocenters. The van der Waals surface area contributed by atoms with Crippen molar-refractivity contribution in [3.63, 3.8) is 0 Å². The first-order valence-electron chi connectivity index (χ1n) is 6.14. The summed E-state index contributed by atoms with van der Waals surface area (Å²) in [6.45, 7) is 0. The third-order valence-corrected chi connectivity index (χ3v) is 2.93. The summed E-state index contributed by atoms with van der Waals surface area (Å²) in [7, 11) is 0. The highest BCUT2D eigenvalue weighted by atomic mass is 35.5. The molecule has 0 fully saturated rings. The highest BCUT2D eigenvalue weighted by Crippen LogP contribution is 2.18. The van der Waals surface area contributed by atoms with Crippen LogP contribution in [-0.4, -0.2) is 22.4 Å². The SMILES string of the molecule is O=C(Cl)CCCCC(=O)Cl.O=C1OC(=O)c2ccccc21. The smallest absolute Gasteiger partial charge is 0.346 e. The van der Waals surface area contributed by atoms with Gasteiger partial charge in [0.2, 0.25) is 10.5 Å². The fourth-order valence-corrected chi connectivity index (χ4v) is 1.83. The van der Waals surface area contributed by atoms with Crippen LogP contribution in [0.15, 0.2) is 24.3 Å². The highest BCUT2D eigenvalue weighted by molar-refractivity contribution is 6.63. The maximum Gasteiger partial charge on any atom is 0.346 e. The Morgan fingerprint density at radius 3 is 1.57 bits per heavy atom. The van der Waals surface area contributed by atoms with Crippen molar-refractivity contribution < 1.29 is 23.9 Å². The van der Waals surface area contributed by atoms with E-state index in [2.05, 4.69) is 4.74 Å². The molecule has 0 radical (unpaired) electrons. The van der Waals surface area contributed by atoms with Crippen molar-refractivity contribution >= 4 is 45.6 Å². The lowest BCUT2D eigenvalue weighted by atomic mass is 10.1. The Hall–Kier alpha value is -1.72. The van der Waals surface area contributed by atoms with Crippen molar-refractivity contribution in [2.45, 2.75) is 25.7 Å². The first-order valence-corrected chi connectivity index (χ1v) is 6.89. The largest absolute Gasteiger partial charge is 0.386 e. The molecule has 0 atom stereocenters. The summed E-state index contributed by atoms with van der Waals surface area (Å²) in [6, 6.07) is 6.53. The number of carbonyl (C=O) groups is 4. The lowest BCUT2D eigenvalue weighted by Gasteiger charge is -1.91. The molecule has 1 heterocycles. The van der Waals surface area contributed by atoms with E-state index in [1.54, 1.807) is 24.3 Å². The molecule has 7 heteroatoms. The molecule has 0 N–H and O–H groups in total. The molecule has 0 spiro atoms. The van der Waals surface area contributed by atoms with Crippen LogP contribution < -0.4 is 0 Å². The van der Waals surface area contributed by atoms with Crippen molar-refractivity contribution in [2.24, 2.45) is 0 Å². The van der Waals surface area contributed by atoms with Crippen molar-refractivity contribution in [1.82, 2.24) is 0 Å². The fourth-order valence-electron chi connectivity index (χ4n) is 1.56. The number of cyclic esters (lactones) is 2. The number of fused-ring (bicyclic) bond motifs is 1. The summed E-state index contributed by atoms with van der Waals surface area (Å²) in [6.07, 6.45) is 1.93. The molecule has 2 rings (SSSR count). The van der Waals surface area contributed by atoms with Crippen LogP contribution in [0, 0.1) is 0 Å². The molecular formula is C14H12Cl2O5. The molecule has 0 aromatic heterocycles. The van der Waals surface area contributed by atoms with Crippen LogP contribution in [0.1, 0.15) is 46.4 Å². The van der Waals surface area contributed by atoms with Crippen molar-refractivity contribution in [3.8, 4) is 0 Å². The van der Waals surface area contributed by atoms with E-state index in [9.17, 15) is 19.2 Å². The van der Waals surface area contributed by atoms with E-state index in [4.69, 9.17) is 23.2 Å². The molecular weight excluding hydrogens is 319 g/mol. The molecule has 21 heavy (non-hydrogen) atoms. The zero-order valence-electron chi connectivity index (χ0n) is 10.9. The van der Waals surface area contributed by atoms with Crippen LogP contribution >= 0.6 is 23.2 Å². The number of carbonyl (C=O) groups excluding carboxylic acids is 4. The van der Waals surface area contributed by atoms with Gasteiger partial charge in [-0.3, -0.25) is 9.59 Å². The number of halogens is 2. The van der Waals surface area contributed by atoms with E-state index in [0.717, 1.165) is 0 Å². The van der Waals surface area contributed by atoms with Crippen molar-refractivity contribution in [3.05, 3.63) is 35.4 Å². The first kappa shape index (κ1) is 17.3. The van der Waals surface area contributed by atoms with Crippen LogP contribution in [0.4, 0.5) is 0 Å². The van der Waals surface area contributed by atoms with Crippen LogP contribution in [-0.2, 0) is 14.3 Å². The number of esters is 2. The van der Waals surface area contributed by atoms with Gasteiger partial charge in [0.05, 0.1) is 11.1 Å². The number of unbranched alkanes of at least 4 members (excludes halogenated alkanes) is 1. The quantitative estimate of drug-likeness (QED) is 0.359. The third kappa shape index (κ3) is 6.06. The molecule has 0 saturated carbocycles. The minimum absolute atomic E-state index is 0.325. The third-order valence-electron chi connectivity index (χ3n) is 2.55. The van der Waals surface area contributed by atoms with Gasteiger partial charge in [0.1, 0.15) is 0 Å². The lowest BCUT2D eigenvalue weighted by Crippen LogP contribution is -1.96. The molecule has 0 bridgehead atoms. The Balaban J connectivity index is 0.000000212. The van der Waals surface area contributed by atoms with E-state index in [1.165, 1.54) is 0 Å². The van der Waals surface area contributed by atoms with Gasteiger partial charge < -0.3 is 4.74 Å². The average molecular weight is 331 g/mol. The van der Waals surface area contributed by atoms with Crippen LogP contribution in [0.25, 0.3) is 0 Å². The predicted molar refractivity (Wildman–Crippen MR) is 76.4 cm³/mol. The summed E-state index contributed by atoms with van der Waals surface area (Å²) in [4.78, 5) is 41.9. The second-order valence-corrected chi connectivity index (χ2v) is 4.98. The zero-order chi connectivity index (χ0) is 15.8. The Bertz CT molecular complexity index is 519. The van der Waals surface area contributed by atoms with Gasteiger partial charge in [0.15, 0.2) is 0 Å². The summed E-state index contributed by atoms with van der Waals surface area (Å²) >= 11 is 10.1. The van der Waals surface area contributed by atoms with E-state index in [0.29, 0.717) is 36.8 Å². The Kier molecular flexibility index (Phi) is 7.05. The molecule has 0 saturated heterocycles. The molecule has 0 amide bonds. The number of ether oxygens (including phenoxy) is 1. The second-order valence-electron chi connectivity index (χ2n) is 4.14. The molecule has 1 aliphatic rings. The number of rotatable bonds is 5. The maximum atomic E-state index is 10.8. The maximum absolute atomic E-state index is 10.8. The summed E-state index contributed by atoms with van der Waals surface area (Å²) in [5.74, 6) is -1.10. The minimum atomic E-state index is -0.550. The van der Waals surface area contributed by atoms with E-state index < -0.39 is 11.9 Å². The summed E-state index contributed by atoms with van der Waals surface area (Å²) in [5, 5.41) is -0.718. The molecule has 5 nitrogen and oxygen atoms in total. The molecule has 1 aromatic carbocycles. The van der Waals surface area contributed by atoms with E-state index in [-0.39, 0.29) is 10.5 Å². The monoisotopic (exact) mass is 330 g/mol. The Morgan fingerprint density at radius 1 is 0.857 bits per heavy atom. The zero-order valence-corrected chi connectivity index (χ0v) is 12.4. The Labute approximate surface area is 131 Å². The van der Waals surface area contributed by atoms with E-state index in [1.807, 2.05) is 0 Å². The standard InChI is InChI=1S/C8H4O3.C6H8Cl2O2/c9-7-5-3-1-2-4-6(5)8(10)11-7;7-5(9)3-1-2-4-6(8)10/h1-4H;1-4H2. The van der Waals surface area contributed by atoms with Gasteiger partial charge in [-0.15, -0.1) is 0 Å². The van der Waals surface area contributed by atoms with Gasteiger partial charge in [-0.1, -0.05) is 12.1 Å². The molecule has 1 aliphatic heterocycles. The highest BCUT2D eigenvalue weighted by Gasteiger charge is 2.28. The van der Waals surface area contributed by atoms with Gasteiger partial charge in [-0.25, -0.2) is 9.59 Å². The summed E-state index contributed by atoms with van der Waals surface area (Å²) < 4.78 is 4.35. The topological polar surface area (TPSA) is 77.5 Å². The fraction of sp³-hybridized carbons (Fsp3) is 0.286. The van der Waals surface area contributed by atoms with Gasteiger partial charge >= 0.3 is 11.9 Å². The molecule has 0 aliphatic carbocycles. The second kappa shape index (κ2) is 8.54. The summed E-state index contributed by atoms with van der Waals surface area (Å²) in [5.41, 5.74) is 0.718. The minimum Gasteiger partial charge on any atom is -0.386 e. The lowest BCUT2D eigenvalue weighted by molar-refractivity contribution is -0.113.